The summed E-state index contributed by atoms with van der Waals surface area (Å²) in [7, 11) is 1.56. The molecular weight excluding hydrogens is 386 g/mol. The topological polar surface area (TPSA) is 65.1 Å². The van der Waals surface area contributed by atoms with Crippen molar-refractivity contribution in [2.75, 3.05) is 26.9 Å². The van der Waals surface area contributed by atoms with Gasteiger partial charge in [-0.15, -0.1) is 0 Å². The lowest BCUT2D eigenvalue weighted by atomic mass is 10.2. The van der Waals surface area contributed by atoms with Crippen LogP contribution >= 0.6 is 24.0 Å². The van der Waals surface area contributed by atoms with Gasteiger partial charge >= 0.3 is 5.97 Å². The van der Waals surface area contributed by atoms with Crippen LogP contribution in [0.2, 0.25) is 0 Å². The molecule has 1 aromatic carbocycles. The van der Waals surface area contributed by atoms with Crippen molar-refractivity contribution in [1.82, 2.24) is 4.90 Å². The summed E-state index contributed by atoms with van der Waals surface area (Å²) >= 11 is 6.40. The summed E-state index contributed by atoms with van der Waals surface area (Å²) in [5.41, 5.74) is 0.776. The maximum absolute atomic E-state index is 12.6. The lowest BCUT2D eigenvalue weighted by Crippen LogP contribution is -2.34. The number of hydrogen-bond donors (Lipinski definition) is 0. The number of nitrogens with zero attached hydrogens (tertiary/aromatic N) is 1. The summed E-state index contributed by atoms with van der Waals surface area (Å²) in [5.74, 6) is 0.675. The Balaban J connectivity index is 2.12. The molecule has 0 N–H and O–H groups in total. The molecule has 0 aliphatic carbocycles. The van der Waals surface area contributed by atoms with E-state index in [-0.39, 0.29) is 18.4 Å². The number of hydrogen-bond acceptors (Lipinski definition) is 7. The molecule has 6 nitrogen and oxygen atoms in total. The van der Waals surface area contributed by atoms with Gasteiger partial charge in [-0.05, 0) is 36.6 Å². The lowest BCUT2D eigenvalue weighted by molar-refractivity contribution is -0.147. The van der Waals surface area contributed by atoms with Crippen molar-refractivity contribution in [3.63, 3.8) is 0 Å². The molecule has 0 radical (unpaired) electrons. The molecule has 1 heterocycles. The van der Waals surface area contributed by atoms with Crippen LogP contribution in [-0.2, 0) is 14.3 Å². The van der Waals surface area contributed by atoms with E-state index in [1.54, 1.807) is 25.3 Å². The summed E-state index contributed by atoms with van der Waals surface area (Å²) in [6.07, 6.45) is 1.72. The third-order valence-electron chi connectivity index (χ3n) is 3.52. The molecule has 0 aromatic heterocycles. The maximum Gasteiger partial charge on any atom is 0.326 e. The molecule has 1 saturated heterocycles. The molecule has 0 spiro atoms. The van der Waals surface area contributed by atoms with E-state index in [1.807, 2.05) is 26.8 Å². The second-order valence-corrected chi connectivity index (χ2v) is 7.86. The summed E-state index contributed by atoms with van der Waals surface area (Å²) in [6, 6.07) is 5.41. The Kier molecular flexibility index (Phi) is 7.67. The highest BCUT2D eigenvalue weighted by Gasteiger charge is 2.33. The van der Waals surface area contributed by atoms with Gasteiger partial charge in [0, 0.05) is 0 Å². The number of benzene rings is 1. The fourth-order valence-electron chi connectivity index (χ4n) is 2.27. The summed E-state index contributed by atoms with van der Waals surface area (Å²) in [6.45, 7) is 6.45. The van der Waals surface area contributed by atoms with Gasteiger partial charge < -0.3 is 14.2 Å². The second-order valence-electron chi connectivity index (χ2n) is 6.19. The third-order valence-corrected chi connectivity index (χ3v) is 4.90. The van der Waals surface area contributed by atoms with Crippen LogP contribution in [0.4, 0.5) is 0 Å². The number of carbonyl (C=O) groups excluding carboxylic acids is 2. The first-order valence-electron chi connectivity index (χ1n) is 8.57. The second kappa shape index (κ2) is 9.75. The van der Waals surface area contributed by atoms with Gasteiger partial charge in [-0.3, -0.25) is 14.5 Å². The Bertz CT molecular complexity index is 760. The lowest BCUT2D eigenvalue weighted by Gasteiger charge is -2.14. The van der Waals surface area contributed by atoms with E-state index in [2.05, 4.69) is 0 Å². The largest absolute Gasteiger partial charge is 0.493 e. The molecule has 0 atom stereocenters. The average Bonchev–Trinajstić information content (AvgIpc) is 2.88. The molecule has 27 heavy (non-hydrogen) atoms. The monoisotopic (exact) mass is 409 g/mol. The maximum atomic E-state index is 12.6. The van der Waals surface area contributed by atoms with E-state index in [0.717, 1.165) is 17.3 Å². The van der Waals surface area contributed by atoms with Crippen LogP contribution in [0.5, 0.6) is 11.5 Å². The van der Waals surface area contributed by atoms with E-state index in [1.165, 1.54) is 4.90 Å². The molecule has 1 aromatic rings. The van der Waals surface area contributed by atoms with Gasteiger partial charge in [-0.2, -0.15) is 0 Å². The molecule has 1 fully saturated rings. The van der Waals surface area contributed by atoms with Crippen LogP contribution in [0, 0.1) is 5.92 Å². The number of thiocarbonyl (C=S) groups is 1. The Labute approximate surface area is 168 Å². The predicted octanol–water partition coefficient (Wildman–Crippen LogP) is 3.49. The Morgan fingerprint density at radius 1 is 1.33 bits per heavy atom. The minimum atomic E-state index is -0.469. The number of ether oxygens (including phenoxy) is 3. The van der Waals surface area contributed by atoms with Crippen molar-refractivity contribution in [1.29, 1.82) is 0 Å². The van der Waals surface area contributed by atoms with Crippen molar-refractivity contribution in [2.45, 2.75) is 20.8 Å². The highest BCUT2D eigenvalue weighted by molar-refractivity contribution is 8.26. The van der Waals surface area contributed by atoms with Crippen molar-refractivity contribution >= 4 is 46.3 Å². The summed E-state index contributed by atoms with van der Waals surface area (Å²) < 4.78 is 16.3. The van der Waals surface area contributed by atoms with Gasteiger partial charge in [0.25, 0.3) is 5.91 Å². The van der Waals surface area contributed by atoms with Gasteiger partial charge in [0.1, 0.15) is 10.9 Å². The highest BCUT2D eigenvalue weighted by Crippen LogP contribution is 2.34. The Morgan fingerprint density at radius 2 is 2.07 bits per heavy atom. The number of methoxy groups -OCH3 is 1. The predicted molar refractivity (Wildman–Crippen MR) is 110 cm³/mol. The van der Waals surface area contributed by atoms with Gasteiger partial charge in [0.2, 0.25) is 0 Å². The zero-order valence-corrected chi connectivity index (χ0v) is 17.4. The number of rotatable bonds is 8. The molecule has 146 valence electrons. The number of amides is 1. The molecule has 1 aliphatic rings. The zero-order chi connectivity index (χ0) is 20.0. The van der Waals surface area contributed by atoms with Gasteiger partial charge in [-0.1, -0.05) is 43.9 Å². The molecule has 1 amide bonds. The SMILES string of the molecule is CCOc1ccc(/C=C2\SC(=S)N(CC(=O)OCC(C)C)C2=O)cc1OC. The third kappa shape index (κ3) is 5.71. The number of carbonyl (C=O) groups is 2. The molecule has 0 saturated carbocycles. The Hall–Kier alpha value is -2.06. The van der Waals surface area contributed by atoms with Crippen LogP contribution in [0.3, 0.4) is 0 Å². The van der Waals surface area contributed by atoms with Crippen molar-refractivity contribution in [3.05, 3.63) is 28.7 Å². The van der Waals surface area contributed by atoms with E-state index in [4.69, 9.17) is 26.4 Å². The molecule has 2 rings (SSSR count). The first-order valence-corrected chi connectivity index (χ1v) is 9.80. The highest BCUT2D eigenvalue weighted by atomic mass is 32.2. The fraction of sp³-hybridized carbons (Fsp3) is 0.421. The normalized spacial score (nSPS) is 15.6. The first kappa shape index (κ1) is 21.2. The van der Waals surface area contributed by atoms with E-state index in [0.29, 0.717) is 33.9 Å². The van der Waals surface area contributed by atoms with E-state index < -0.39 is 5.97 Å². The van der Waals surface area contributed by atoms with Gasteiger partial charge in [0.05, 0.1) is 25.2 Å². The minimum Gasteiger partial charge on any atom is -0.493 e. The molecule has 0 unspecified atom stereocenters. The van der Waals surface area contributed by atoms with Crippen LogP contribution in [0.15, 0.2) is 23.1 Å². The van der Waals surface area contributed by atoms with E-state index in [9.17, 15) is 9.59 Å². The molecule has 8 heteroatoms. The van der Waals surface area contributed by atoms with Crippen LogP contribution in [0.1, 0.15) is 26.3 Å². The molecule has 1 aliphatic heterocycles. The quantitative estimate of drug-likeness (QED) is 0.370. The van der Waals surface area contributed by atoms with Crippen LogP contribution < -0.4 is 9.47 Å². The average molecular weight is 410 g/mol. The molecular formula is C19H23NO5S2. The summed E-state index contributed by atoms with van der Waals surface area (Å²) in [4.78, 5) is 26.2. The minimum absolute atomic E-state index is 0.179. The number of esters is 1. The Morgan fingerprint density at radius 3 is 2.70 bits per heavy atom. The molecule has 0 bridgehead atoms. The standard InChI is InChI=1S/C19H23NO5S2/c1-5-24-14-7-6-13(8-15(14)23-4)9-16-18(22)20(19(26)27-16)10-17(21)25-11-12(2)3/h6-9,12H,5,10-11H2,1-4H3/b16-9-. The van der Waals surface area contributed by atoms with Crippen molar-refractivity contribution in [3.8, 4) is 11.5 Å². The first-order chi connectivity index (χ1) is 12.8. The van der Waals surface area contributed by atoms with Gasteiger partial charge in [0.15, 0.2) is 11.5 Å². The van der Waals surface area contributed by atoms with Crippen molar-refractivity contribution < 1.29 is 23.8 Å². The van der Waals surface area contributed by atoms with Crippen LogP contribution in [0.25, 0.3) is 6.08 Å². The van der Waals surface area contributed by atoms with Crippen LogP contribution in [-0.4, -0.2) is 48.0 Å². The summed E-state index contributed by atoms with van der Waals surface area (Å²) in [5, 5.41) is 0. The number of thioether (sulfide) groups is 1. The van der Waals surface area contributed by atoms with Gasteiger partial charge in [-0.25, -0.2) is 0 Å². The smallest absolute Gasteiger partial charge is 0.326 e. The van der Waals surface area contributed by atoms with E-state index >= 15 is 0 Å². The van der Waals surface area contributed by atoms with Crippen molar-refractivity contribution in [2.24, 2.45) is 5.92 Å². The fourth-order valence-corrected chi connectivity index (χ4v) is 3.53. The zero-order valence-electron chi connectivity index (χ0n) is 15.8.